The molecule has 2 aromatic carbocycles. The van der Waals surface area contributed by atoms with Crippen LogP contribution in [-0.2, 0) is 12.8 Å². The Balaban J connectivity index is 1.73. The number of benzene rings is 2. The molecule has 2 aromatic rings. The Bertz CT molecular complexity index is 756. The molecule has 0 saturated carbocycles. The van der Waals surface area contributed by atoms with Crippen LogP contribution in [-0.4, -0.2) is 5.91 Å². The quantitative estimate of drug-likeness (QED) is 0.795. The first-order valence-electron chi connectivity index (χ1n) is 8.10. The lowest BCUT2D eigenvalue weighted by atomic mass is 9.82. The fourth-order valence-electron chi connectivity index (χ4n) is 3.15. The van der Waals surface area contributed by atoms with Gasteiger partial charge in [0.05, 0.1) is 6.57 Å². The highest BCUT2D eigenvalue weighted by Gasteiger charge is 2.17. The zero-order chi connectivity index (χ0) is 16.2. The third kappa shape index (κ3) is 3.43. The Morgan fingerprint density at radius 2 is 2.00 bits per heavy atom. The molecule has 3 rings (SSSR count). The molecule has 0 fully saturated rings. The molecular formula is C20H20N2O. The number of carbonyl (C=O) groups is 1. The standard InChI is InChI=1S/C20H20N2O/c1-3-14-4-5-17-13-19(11-8-16(17)12-14)22-20(23)15-6-9-18(21-2)10-7-15/h6-11,13-14H,3-5,12H2,1H3,(H,22,23). The van der Waals surface area contributed by atoms with Gasteiger partial charge in [0.2, 0.25) is 0 Å². The second kappa shape index (κ2) is 6.66. The van der Waals surface area contributed by atoms with Crippen molar-refractivity contribution in [3.63, 3.8) is 0 Å². The van der Waals surface area contributed by atoms with Crippen LogP contribution in [0.1, 0.15) is 41.3 Å². The van der Waals surface area contributed by atoms with Crippen molar-refractivity contribution in [3.05, 3.63) is 70.6 Å². The summed E-state index contributed by atoms with van der Waals surface area (Å²) < 4.78 is 0. The van der Waals surface area contributed by atoms with E-state index in [0.717, 1.165) is 24.4 Å². The van der Waals surface area contributed by atoms with Gasteiger partial charge in [-0.25, -0.2) is 4.85 Å². The van der Waals surface area contributed by atoms with Crippen LogP contribution in [0.2, 0.25) is 0 Å². The molecule has 0 aromatic heterocycles. The molecular weight excluding hydrogens is 284 g/mol. The highest BCUT2D eigenvalue weighted by atomic mass is 16.1. The van der Waals surface area contributed by atoms with Crippen molar-refractivity contribution in [1.29, 1.82) is 0 Å². The molecule has 1 amide bonds. The van der Waals surface area contributed by atoms with Gasteiger partial charge in [-0.05, 0) is 48.4 Å². The van der Waals surface area contributed by atoms with Crippen LogP contribution in [0.5, 0.6) is 0 Å². The highest BCUT2D eigenvalue weighted by Crippen LogP contribution is 2.29. The smallest absolute Gasteiger partial charge is 0.255 e. The van der Waals surface area contributed by atoms with Crippen molar-refractivity contribution in [2.75, 3.05) is 5.32 Å². The molecule has 0 bridgehead atoms. The van der Waals surface area contributed by atoms with Crippen LogP contribution in [0, 0.1) is 12.5 Å². The third-order valence-electron chi connectivity index (χ3n) is 4.63. The van der Waals surface area contributed by atoms with Gasteiger partial charge in [0.15, 0.2) is 5.69 Å². The Labute approximate surface area is 137 Å². The largest absolute Gasteiger partial charge is 0.322 e. The summed E-state index contributed by atoms with van der Waals surface area (Å²) in [6, 6.07) is 12.9. The van der Waals surface area contributed by atoms with Gasteiger partial charge in [0.1, 0.15) is 0 Å². The van der Waals surface area contributed by atoms with Gasteiger partial charge in [-0.1, -0.05) is 43.7 Å². The molecule has 0 radical (unpaired) electrons. The van der Waals surface area contributed by atoms with E-state index in [-0.39, 0.29) is 5.91 Å². The van der Waals surface area contributed by atoms with E-state index in [2.05, 4.69) is 29.2 Å². The summed E-state index contributed by atoms with van der Waals surface area (Å²) in [6.07, 6.45) is 4.72. The first-order valence-corrected chi connectivity index (χ1v) is 8.10. The maximum Gasteiger partial charge on any atom is 0.255 e. The lowest BCUT2D eigenvalue weighted by molar-refractivity contribution is 0.102. The number of fused-ring (bicyclic) bond motifs is 1. The van der Waals surface area contributed by atoms with Gasteiger partial charge in [-0.15, -0.1) is 0 Å². The van der Waals surface area contributed by atoms with Gasteiger partial charge in [0, 0.05) is 11.3 Å². The summed E-state index contributed by atoms with van der Waals surface area (Å²) in [6.45, 7) is 9.20. The summed E-state index contributed by atoms with van der Waals surface area (Å²) in [5.74, 6) is 0.660. The van der Waals surface area contributed by atoms with Gasteiger partial charge in [0.25, 0.3) is 5.91 Å². The number of nitrogens with one attached hydrogen (secondary N) is 1. The normalized spacial score (nSPS) is 16.3. The second-order valence-electron chi connectivity index (χ2n) is 6.11. The fraction of sp³-hybridized carbons (Fsp3) is 0.300. The van der Waals surface area contributed by atoms with Crippen LogP contribution in [0.4, 0.5) is 11.4 Å². The lowest BCUT2D eigenvalue weighted by Gasteiger charge is -2.24. The zero-order valence-electron chi connectivity index (χ0n) is 13.3. The first kappa shape index (κ1) is 15.3. The Hall–Kier alpha value is -2.60. The molecule has 0 aliphatic heterocycles. The minimum Gasteiger partial charge on any atom is -0.322 e. The molecule has 0 saturated heterocycles. The van der Waals surface area contributed by atoms with Crippen LogP contribution in [0.3, 0.4) is 0 Å². The summed E-state index contributed by atoms with van der Waals surface area (Å²) >= 11 is 0. The van der Waals surface area contributed by atoms with Crippen molar-refractivity contribution in [2.45, 2.75) is 32.6 Å². The van der Waals surface area contributed by atoms with Crippen molar-refractivity contribution in [1.82, 2.24) is 0 Å². The number of nitrogens with zero attached hydrogens (tertiary/aromatic N) is 1. The predicted molar refractivity (Wildman–Crippen MR) is 92.9 cm³/mol. The van der Waals surface area contributed by atoms with E-state index in [1.807, 2.05) is 6.07 Å². The Kier molecular flexibility index (Phi) is 4.43. The number of carbonyl (C=O) groups excluding carboxylic acids is 1. The van der Waals surface area contributed by atoms with Crippen molar-refractivity contribution in [2.24, 2.45) is 5.92 Å². The number of amides is 1. The molecule has 23 heavy (non-hydrogen) atoms. The topological polar surface area (TPSA) is 33.5 Å². The number of aryl methyl sites for hydroxylation is 1. The number of rotatable bonds is 3. The van der Waals surface area contributed by atoms with E-state index >= 15 is 0 Å². The van der Waals surface area contributed by atoms with Gasteiger partial charge in [-0.2, -0.15) is 0 Å². The maximum absolute atomic E-state index is 12.3. The van der Waals surface area contributed by atoms with Crippen LogP contribution in [0.15, 0.2) is 42.5 Å². The average molecular weight is 304 g/mol. The summed E-state index contributed by atoms with van der Waals surface area (Å²) in [4.78, 5) is 15.6. The van der Waals surface area contributed by atoms with Crippen LogP contribution >= 0.6 is 0 Å². The van der Waals surface area contributed by atoms with Crippen molar-refractivity contribution < 1.29 is 4.79 Å². The fourth-order valence-corrected chi connectivity index (χ4v) is 3.15. The zero-order valence-corrected chi connectivity index (χ0v) is 13.3. The minimum absolute atomic E-state index is 0.135. The molecule has 1 aliphatic carbocycles. The monoisotopic (exact) mass is 304 g/mol. The van der Waals surface area contributed by atoms with Gasteiger partial charge in [-0.3, -0.25) is 4.79 Å². The minimum atomic E-state index is -0.135. The molecule has 0 spiro atoms. The van der Waals surface area contributed by atoms with E-state index in [0.29, 0.717) is 11.3 Å². The van der Waals surface area contributed by atoms with Gasteiger partial charge < -0.3 is 5.32 Å². The van der Waals surface area contributed by atoms with Crippen LogP contribution in [0.25, 0.3) is 4.85 Å². The third-order valence-corrected chi connectivity index (χ3v) is 4.63. The van der Waals surface area contributed by atoms with E-state index in [1.54, 1.807) is 24.3 Å². The predicted octanol–water partition coefficient (Wildman–Crippen LogP) is 5.00. The summed E-state index contributed by atoms with van der Waals surface area (Å²) in [5.41, 5.74) is 4.73. The average Bonchev–Trinajstić information content (AvgIpc) is 2.61. The number of anilines is 1. The number of hydrogen-bond donors (Lipinski definition) is 1. The first-order chi connectivity index (χ1) is 11.2. The molecule has 1 N–H and O–H groups in total. The Morgan fingerprint density at radius 3 is 2.70 bits per heavy atom. The molecule has 3 nitrogen and oxygen atoms in total. The molecule has 1 unspecified atom stereocenters. The molecule has 1 aliphatic rings. The Morgan fingerprint density at radius 1 is 1.22 bits per heavy atom. The summed E-state index contributed by atoms with van der Waals surface area (Å²) in [5, 5.41) is 2.95. The SMILES string of the molecule is [C-]#[N+]c1ccc(C(=O)Nc2ccc3c(c2)CCC(CC)C3)cc1. The second-order valence-corrected chi connectivity index (χ2v) is 6.11. The van der Waals surface area contributed by atoms with Crippen LogP contribution < -0.4 is 5.32 Å². The lowest BCUT2D eigenvalue weighted by Crippen LogP contribution is -2.15. The van der Waals surface area contributed by atoms with E-state index in [9.17, 15) is 4.79 Å². The maximum atomic E-state index is 12.3. The molecule has 116 valence electrons. The van der Waals surface area contributed by atoms with E-state index in [1.165, 1.54) is 24.0 Å². The van der Waals surface area contributed by atoms with Crippen molar-refractivity contribution >= 4 is 17.3 Å². The molecule has 0 heterocycles. The molecule has 3 heteroatoms. The van der Waals surface area contributed by atoms with E-state index in [4.69, 9.17) is 6.57 Å². The summed E-state index contributed by atoms with van der Waals surface area (Å²) in [7, 11) is 0. The van der Waals surface area contributed by atoms with Crippen molar-refractivity contribution in [3.8, 4) is 0 Å². The number of hydrogen-bond acceptors (Lipinski definition) is 1. The van der Waals surface area contributed by atoms with E-state index < -0.39 is 0 Å². The van der Waals surface area contributed by atoms with Gasteiger partial charge >= 0.3 is 0 Å². The highest BCUT2D eigenvalue weighted by molar-refractivity contribution is 6.04. The molecule has 1 atom stereocenters.